The van der Waals surface area contributed by atoms with Crippen LogP contribution < -0.4 is 0 Å². The van der Waals surface area contributed by atoms with Crippen LogP contribution in [0.15, 0.2) is 5.57 Å². The fraction of sp³-hybridized carbons (Fsp3) is 0.700. The van der Waals surface area contributed by atoms with Gasteiger partial charge in [-0.3, -0.25) is 0 Å². The Morgan fingerprint density at radius 3 is 2.46 bits per heavy atom. The quantitative estimate of drug-likeness (QED) is 0.372. The highest BCUT2D eigenvalue weighted by atomic mass is 16.5. The number of rotatable bonds is 5. The van der Waals surface area contributed by atoms with Crippen LogP contribution in [0.4, 0.5) is 0 Å². The first kappa shape index (κ1) is 11.9. The van der Waals surface area contributed by atoms with E-state index in [0.29, 0.717) is 6.42 Å². The third kappa shape index (κ3) is 4.48. The summed E-state index contributed by atoms with van der Waals surface area (Å²) < 4.78 is 5.00. The lowest BCUT2D eigenvalue weighted by molar-refractivity contribution is -0.143. The zero-order valence-corrected chi connectivity index (χ0v) is 8.42. The molecule has 0 saturated carbocycles. The van der Waals surface area contributed by atoms with Crippen molar-refractivity contribution in [2.45, 2.75) is 46.1 Å². The Balaban J connectivity index is 4.06. The molecule has 0 aliphatic rings. The Labute approximate surface area is 78.8 Å². The maximum absolute atomic E-state index is 11.2. The molecule has 0 aromatic heterocycles. The van der Waals surface area contributed by atoms with E-state index < -0.39 is 5.97 Å². The SMILES string of the molecule is CCCC(C)OC(=O)C(=C=O)CC. The summed E-state index contributed by atoms with van der Waals surface area (Å²) in [5.74, 6) is 1.06. The number of carbonyl (C=O) groups is 1. The summed E-state index contributed by atoms with van der Waals surface area (Å²) in [6, 6.07) is 0. The average molecular weight is 184 g/mol. The first-order valence-electron chi connectivity index (χ1n) is 4.60. The van der Waals surface area contributed by atoms with Crippen molar-refractivity contribution in [2.24, 2.45) is 0 Å². The fourth-order valence-electron chi connectivity index (χ4n) is 0.977. The molecule has 0 aliphatic heterocycles. The lowest BCUT2D eigenvalue weighted by Gasteiger charge is -2.11. The predicted octanol–water partition coefficient (Wildman–Crippen LogP) is 1.89. The molecule has 0 bridgehead atoms. The largest absolute Gasteiger partial charge is 0.459 e. The van der Waals surface area contributed by atoms with E-state index in [1.165, 1.54) is 0 Å². The number of carbonyl (C=O) groups excluding carboxylic acids is 2. The van der Waals surface area contributed by atoms with Gasteiger partial charge in [0.2, 0.25) is 0 Å². The van der Waals surface area contributed by atoms with Crippen LogP contribution in [0, 0.1) is 0 Å². The minimum atomic E-state index is -0.529. The van der Waals surface area contributed by atoms with Crippen molar-refractivity contribution < 1.29 is 14.3 Å². The number of hydrogen-bond acceptors (Lipinski definition) is 3. The summed E-state index contributed by atoms with van der Waals surface area (Å²) in [5.41, 5.74) is 0.0861. The molecule has 0 fully saturated rings. The Bertz CT molecular complexity index is 214. The van der Waals surface area contributed by atoms with Gasteiger partial charge < -0.3 is 4.74 Å². The van der Waals surface area contributed by atoms with Crippen LogP contribution in [0.5, 0.6) is 0 Å². The summed E-state index contributed by atoms with van der Waals surface area (Å²) in [5, 5.41) is 0. The first-order chi connectivity index (χ1) is 6.15. The van der Waals surface area contributed by atoms with Crippen molar-refractivity contribution in [3.05, 3.63) is 5.57 Å². The van der Waals surface area contributed by atoms with E-state index in [4.69, 9.17) is 4.74 Å². The van der Waals surface area contributed by atoms with E-state index in [1.807, 2.05) is 13.8 Å². The van der Waals surface area contributed by atoms with Crippen LogP contribution in [-0.4, -0.2) is 18.0 Å². The molecule has 0 rings (SSSR count). The second-order valence-electron chi connectivity index (χ2n) is 2.94. The van der Waals surface area contributed by atoms with Crippen LogP contribution in [-0.2, 0) is 14.3 Å². The highest BCUT2D eigenvalue weighted by Gasteiger charge is 2.13. The van der Waals surface area contributed by atoms with Gasteiger partial charge in [0.1, 0.15) is 11.5 Å². The lowest BCUT2D eigenvalue weighted by atomic mass is 10.2. The van der Waals surface area contributed by atoms with Gasteiger partial charge in [-0.05, 0) is 19.8 Å². The molecular formula is C10H16O3. The Morgan fingerprint density at radius 2 is 2.08 bits per heavy atom. The summed E-state index contributed by atoms with van der Waals surface area (Å²) >= 11 is 0. The standard InChI is InChI=1S/C10H16O3/c1-4-6-8(3)13-10(12)9(5-2)7-11/h8H,4-6H2,1-3H3. The highest BCUT2D eigenvalue weighted by Crippen LogP contribution is 2.06. The van der Waals surface area contributed by atoms with Crippen molar-refractivity contribution in [3.63, 3.8) is 0 Å². The van der Waals surface area contributed by atoms with Crippen molar-refractivity contribution in [2.75, 3.05) is 0 Å². The zero-order chi connectivity index (χ0) is 10.3. The predicted molar refractivity (Wildman–Crippen MR) is 50.0 cm³/mol. The molecule has 0 amide bonds. The van der Waals surface area contributed by atoms with Gasteiger partial charge in [-0.25, -0.2) is 9.59 Å². The van der Waals surface area contributed by atoms with Gasteiger partial charge >= 0.3 is 5.97 Å². The van der Waals surface area contributed by atoms with E-state index in [2.05, 4.69) is 0 Å². The van der Waals surface area contributed by atoms with Gasteiger partial charge in [0.25, 0.3) is 0 Å². The van der Waals surface area contributed by atoms with Gasteiger partial charge in [0, 0.05) is 0 Å². The second kappa shape index (κ2) is 6.44. The maximum atomic E-state index is 11.2. The molecule has 13 heavy (non-hydrogen) atoms. The van der Waals surface area contributed by atoms with Crippen molar-refractivity contribution in [3.8, 4) is 0 Å². The Morgan fingerprint density at radius 1 is 1.46 bits per heavy atom. The van der Waals surface area contributed by atoms with Crippen LogP contribution in [0.1, 0.15) is 40.0 Å². The monoisotopic (exact) mass is 184 g/mol. The Kier molecular flexibility index (Phi) is 5.90. The Hall–Kier alpha value is -1.08. The summed E-state index contributed by atoms with van der Waals surface area (Å²) in [6.07, 6.45) is 2.04. The minimum absolute atomic E-state index is 0.0861. The fourth-order valence-corrected chi connectivity index (χ4v) is 0.977. The number of ether oxygens (including phenoxy) is 1. The summed E-state index contributed by atoms with van der Waals surface area (Å²) in [7, 11) is 0. The van der Waals surface area contributed by atoms with E-state index in [0.717, 1.165) is 12.8 Å². The van der Waals surface area contributed by atoms with Crippen LogP contribution in [0.2, 0.25) is 0 Å². The van der Waals surface area contributed by atoms with Crippen LogP contribution >= 0.6 is 0 Å². The zero-order valence-electron chi connectivity index (χ0n) is 8.42. The molecule has 0 aromatic rings. The smallest absolute Gasteiger partial charge is 0.345 e. The molecule has 3 nitrogen and oxygen atoms in total. The molecule has 0 spiro atoms. The molecule has 0 aromatic carbocycles. The van der Waals surface area contributed by atoms with Gasteiger partial charge in [-0.15, -0.1) is 0 Å². The van der Waals surface area contributed by atoms with Crippen LogP contribution in [0.25, 0.3) is 0 Å². The molecule has 1 unspecified atom stereocenters. The molecule has 0 N–H and O–H groups in total. The molecule has 0 aliphatic carbocycles. The summed E-state index contributed by atoms with van der Waals surface area (Å²) in [4.78, 5) is 21.4. The van der Waals surface area contributed by atoms with Gasteiger partial charge in [-0.1, -0.05) is 20.3 Å². The van der Waals surface area contributed by atoms with Crippen LogP contribution in [0.3, 0.4) is 0 Å². The van der Waals surface area contributed by atoms with Crippen molar-refractivity contribution >= 4 is 11.9 Å². The second-order valence-corrected chi connectivity index (χ2v) is 2.94. The van der Waals surface area contributed by atoms with Gasteiger partial charge in [0.05, 0.1) is 6.10 Å². The van der Waals surface area contributed by atoms with Crippen molar-refractivity contribution in [1.29, 1.82) is 0 Å². The number of hydrogen-bond donors (Lipinski definition) is 0. The third-order valence-corrected chi connectivity index (χ3v) is 1.73. The van der Waals surface area contributed by atoms with Gasteiger partial charge in [0.15, 0.2) is 0 Å². The van der Waals surface area contributed by atoms with E-state index in [1.54, 1.807) is 12.9 Å². The third-order valence-electron chi connectivity index (χ3n) is 1.73. The first-order valence-corrected chi connectivity index (χ1v) is 4.60. The average Bonchev–Trinajstić information content (AvgIpc) is 2.06. The molecule has 74 valence electrons. The number of esters is 1. The van der Waals surface area contributed by atoms with Gasteiger partial charge in [-0.2, -0.15) is 0 Å². The topological polar surface area (TPSA) is 43.4 Å². The van der Waals surface area contributed by atoms with E-state index >= 15 is 0 Å². The maximum Gasteiger partial charge on any atom is 0.345 e. The molecule has 0 radical (unpaired) electrons. The minimum Gasteiger partial charge on any atom is -0.459 e. The van der Waals surface area contributed by atoms with Crippen molar-refractivity contribution in [1.82, 2.24) is 0 Å². The highest BCUT2D eigenvalue weighted by molar-refractivity contribution is 5.96. The molecule has 0 saturated heterocycles. The molecule has 1 atom stereocenters. The molecule has 3 heteroatoms. The van der Waals surface area contributed by atoms with E-state index in [9.17, 15) is 9.59 Å². The normalized spacial score (nSPS) is 11.6. The molecule has 0 heterocycles. The molecular weight excluding hydrogens is 168 g/mol. The van der Waals surface area contributed by atoms with E-state index in [-0.39, 0.29) is 11.7 Å². The lowest BCUT2D eigenvalue weighted by Crippen LogP contribution is -2.16. The summed E-state index contributed by atoms with van der Waals surface area (Å²) in [6.45, 7) is 5.56.